The van der Waals surface area contributed by atoms with E-state index in [0.717, 1.165) is 28.5 Å². The maximum Gasteiger partial charge on any atom is 0.191 e. The van der Waals surface area contributed by atoms with E-state index in [1.165, 1.54) is 0 Å². The van der Waals surface area contributed by atoms with Crippen molar-refractivity contribution >= 4 is 11.6 Å². The number of aromatic nitrogens is 3. The average Bonchev–Trinajstić information content (AvgIpc) is 3.18. The lowest BCUT2D eigenvalue weighted by atomic mass is 10.1. The van der Waals surface area contributed by atoms with Gasteiger partial charge in [0, 0.05) is 37.5 Å². The van der Waals surface area contributed by atoms with Gasteiger partial charge in [0.25, 0.3) is 0 Å². The molecule has 0 saturated carbocycles. The quantitative estimate of drug-likeness (QED) is 0.440. The molecule has 3 rings (SSSR count). The molecule has 2 aromatic heterocycles. The molecule has 0 spiro atoms. The van der Waals surface area contributed by atoms with Gasteiger partial charge in [-0.05, 0) is 18.6 Å². The zero-order valence-corrected chi connectivity index (χ0v) is 17.1. The van der Waals surface area contributed by atoms with Gasteiger partial charge in [-0.1, -0.05) is 6.07 Å². The smallest absolute Gasteiger partial charge is 0.191 e. The molecular weight excluding hydrogens is 372 g/mol. The van der Waals surface area contributed by atoms with E-state index < -0.39 is 0 Å². The molecule has 0 radical (unpaired) electrons. The second kappa shape index (κ2) is 9.63. The standard InChI is InChI=1S/C20H26N6O3/c1-21-20(23-13-19-25-24-18-7-5-6-10-26(18)19)22-9-8-15-16(28-3)11-14(27-2)12-17(15)29-4/h5-7,10-12H,8-9,13H2,1-4H3,(H2,21,22,23). The zero-order chi connectivity index (χ0) is 20.6. The Hall–Kier alpha value is -3.49. The predicted molar refractivity (Wildman–Crippen MR) is 111 cm³/mol. The number of fused-ring (bicyclic) bond motifs is 1. The number of rotatable bonds is 8. The van der Waals surface area contributed by atoms with Gasteiger partial charge in [0.1, 0.15) is 17.2 Å². The molecule has 0 unspecified atom stereocenters. The van der Waals surface area contributed by atoms with Crippen molar-refractivity contribution in [1.82, 2.24) is 25.2 Å². The summed E-state index contributed by atoms with van der Waals surface area (Å²) in [6.07, 6.45) is 2.62. The summed E-state index contributed by atoms with van der Waals surface area (Å²) < 4.78 is 18.2. The number of aliphatic imine (C=N–C) groups is 1. The first-order chi connectivity index (χ1) is 14.2. The Morgan fingerprint density at radius 2 is 1.79 bits per heavy atom. The first-order valence-electron chi connectivity index (χ1n) is 9.22. The van der Waals surface area contributed by atoms with Crippen LogP contribution in [0, 0.1) is 0 Å². The molecule has 0 saturated heterocycles. The van der Waals surface area contributed by atoms with E-state index in [4.69, 9.17) is 14.2 Å². The van der Waals surface area contributed by atoms with Crippen molar-refractivity contribution in [2.45, 2.75) is 13.0 Å². The number of methoxy groups -OCH3 is 3. The maximum atomic E-state index is 5.50. The molecule has 0 fully saturated rings. The van der Waals surface area contributed by atoms with E-state index in [2.05, 4.69) is 25.8 Å². The third-order valence-electron chi connectivity index (χ3n) is 4.51. The number of benzene rings is 1. The summed E-state index contributed by atoms with van der Waals surface area (Å²) in [5.74, 6) is 3.61. The molecule has 2 N–H and O–H groups in total. The SMILES string of the molecule is CN=C(NCCc1c(OC)cc(OC)cc1OC)NCc1nnc2ccccn12. The Kier molecular flexibility index (Phi) is 6.72. The highest BCUT2D eigenvalue weighted by atomic mass is 16.5. The molecule has 9 heteroatoms. The molecule has 29 heavy (non-hydrogen) atoms. The highest BCUT2D eigenvalue weighted by molar-refractivity contribution is 5.79. The summed E-state index contributed by atoms with van der Waals surface area (Å²) in [5.41, 5.74) is 1.77. The molecule has 1 aromatic carbocycles. The Morgan fingerprint density at radius 1 is 1.03 bits per heavy atom. The molecule has 0 bridgehead atoms. The highest BCUT2D eigenvalue weighted by Crippen LogP contribution is 2.34. The van der Waals surface area contributed by atoms with Crippen LogP contribution in [0.1, 0.15) is 11.4 Å². The minimum absolute atomic E-state index is 0.500. The van der Waals surface area contributed by atoms with Crippen LogP contribution in [0.2, 0.25) is 0 Å². The molecule has 3 aromatic rings. The highest BCUT2D eigenvalue weighted by Gasteiger charge is 2.13. The normalized spacial score (nSPS) is 11.4. The number of hydrogen-bond acceptors (Lipinski definition) is 6. The molecular formula is C20H26N6O3. The van der Waals surface area contributed by atoms with Crippen LogP contribution in [-0.4, -0.2) is 55.5 Å². The van der Waals surface area contributed by atoms with Gasteiger partial charge in [0.2, 0.25) is 0 Å². The summed E-state index contributed by atoms with van der Waals surface area (Å²) in [6.45, 7) is 1.14. The summed E-state index contributed by atoms with van der Waals surface area (Å²) in [5, 5.41) is 14.9. The van der Waals surface area contributed by atoms with Crippen LogP contribution in [-0.2, 0) is 13.0 Å². The number of guanidine groups is 1. The fourth-order valence-electron chi connectivity index (χ4n) is 3.03. The monoisotopic (exact) mass is 398 g/mol. The Balaban J connectivity index is 1.60. The van der Waals surface area contributed by atoms with Gasteiger partial charge in [-0.3, -0.25) is 9.39 Å². The number of nitrogens with one attached hydrogen (secondary N) is 2. The van der Waals surface area contributed by atoms with Crippen LogP contribution < -0.4 is 24.8 Å². The van der Waals surface area contributed by atoms with Crippen LogP contribution in [0.3, 0.4) is 0 Å². The summed E-state index contributed by atoms with van der Waals surface area (Å²) in [7, 11) is 6.61. The average molecular weight is 398 g/mol. The Labute approximate surface area is 169 Å². The van der Waals surface area contributed by atoms with Crippen molar-refractivity contribution < 1.29 is 14.2 Å². The van der Waals surface area contributed by atoms with Gasteiger partial charge in [-0.15, -0.1) is 10.2 Å². The molecule has 9 nitrogen and oxygen atoms in total. The van der Waals surface area contributed by atoms with Crippen LogP contribution in [0.5, 0.6) is 17.2 Å². The Bertz CT molecular complexity index is 960. The fourth-order valence-corrected chi connectivity index (χ4v) is 3.03. The summed E-state index contributed by atoms with van der Waals surface area (Å²) in [4.78, 5) is 4.27. The largest absolute Gasteiger partial charge is 0.496 e. The van der Waals surface area contributed by atoms with Crippen LogP contribution in [0.4, 0.5) is 0 Å². The molecule has 0 aliphatic carbocycles. The topological polar surface area (TPSA) is 94.3 Å². The molecule has 0 amide bonds. The molecule has 154 valence electrons. The van der Waals surface area contributed by atoms with E-state index in [-0.39, 0.29) is 0 Å². The predicted octanol–water partition coefficient (Wildman–Crippen LogP) is 1.66. The third kappa shape index (κ3) is 4.68. The minimum atomic E-state index is 0.500. The number of pyridine rings is 1. The second-order valence-electron chi connectivity index (χ2n) is 6.16. The number of nitrogens with zero attached hydrogens (tertiary/aromatic N) is 4. The van der Waals surface area contributed by atoms with Gasteiger partial charge >= 0.3 is 0 Å². The van der Waals surface area contributed by atoms with E-state index in [9.17, 15) is 0 Å². The molecule has 0 aliphatic rings. The van der Waals surface area contributed by atoms with E-state index in [1.807, 2.05) is 40.9 Å². The van der Waals surface area contributed by atoms with Gasteiger partial charge in [0.15, 0.2) is 17.4 Å². The third-order valence-corrected chi connectivity index (χ3v) is 4.51. The van der Waals surface area contributed by atoms with Gasteiger partial charge in [0.05, 0.1) is 27.9 Å². The van der Waals surface area contributed by atoms with Crippen molar-refractivity contribution in [3.05, 3.63) is 47.9 Å². The van der Waals surface area contributed by atoms with Crippen LogP contribution >= 0.6 is 0 Å². The number of ether oxygens (including phenoxy) is 3. The van der Waals surface area contributed by atoms with E-state index >= 15 is 0 Å². The first kappa shape index (κ1) is 20.2. The van der Waals surface area contributed by atoms with Crippen LogP contribution in [0.15, 0.2) is 41.5 Å². The second-order valence-corrected chi connectivity index (χ2v) is 6.16. The van der Waals surface area contributed by atoms with E-state index in [1.54, 1.807) is 28.4 Å². The van der Waals surface area contributed by atoms with Gasteiger partial charge in [-0.2, -0.15) is 0 Å². The zero-order valence-electron chi connectivity index (χ0n) is 17.1. The lowest BCUT2D eigenvalue weighted by Crippen LogP contribution is -2.38. The maximum absolute atomic E-state index is 5.50. The number of hydrogen-bond donors (Lipinski definition) is 2. The van der Waals surface area contributed by atoms with Gasteiger partial charge < -0.3 is 24.8 Å². The van der Waals surface area contributed by atoms with E-state index in [0.29, 0.717) is 31.2 Å². The minimum Gasteiger partial charge on any atom is -0.496 e. The van der Waals surface area contributed by atoms with Crippen molar-refractivity contribution in [3.8, 4) is 17.2 Å². The lowest BCUT2D eigenvalue weighted by molar-refractivity contribution is 0.368. The lowest BCUT2D eigenvalue weighted by Gasteiger charge is -2.16. The van der Waals surface area contributed by atoms with Crippen molar-refractivity contribution in [2.75, 3.05) is 34.9 Å². The van der Waals surface area contributed by atoms with Crippen LogP contribution in [0.25, 0.3) is 5.65 Å². The van der Waals surface area contributed by atoms with Gasteiger partial charge in [-0.25, -0.2) is 0 Å². The van der Waals surface area contributed by atoms with Crippen molar-refractivity contribution in [1.29, 1.82) is 0 Å². The summed E-state index contributed by atoms with van der Waals surface area (Å²) >= 11 is 0. The first-order valence-corrected chi connectivity index (χ1v) is 9.22. The van der Waals surface area contributed by atoms with Crippen molar-refractivity contribution in [2.24, 2.45) is 4.99 Å². The fraction of sp³-hybridized carbons (Fsp3) is 0.350. The molecule has 0 atom stereocenters. The molecule has 2 heterocycles. The Morgan fingerprint density at radius 3 is 2.45 bits per heavy atom. The van der Waals surface area contributed by atoms with Crippen molar-refractivity contribution in [3.63, 3.8) is 0 Å². The molecule has 0 aliphatic heterocycles. The summed E-state index contributed by atoms with van der Waals surface area (Å²) in [6, 6.07) is 9.49.